The zero-order chi connectivity index (χ0) is 17.4. The van der Waals surface area contributed by atoms with Gasteiger partial charge in [0.25, 0.3) is 11.8 Å². The van der Waals surface area contributed by atoms with Crippen LogP contribution in [0.5, 0.6) is 0 Å². The van der Waals surface area contributed by atoms with Gasteiger partial charge in [0.2, 0.25) is 0 Å². The second kappa shape index (κ2) is 9.05. The Bertz CT molecular complexity index is 574. The number of esters is 1. The third-order valence-electron chi connectivity index (χ3n) is 4.25. The van der Waals surface area contributed by atoms with Gasteiger partial charge in [-0.2, -0.15) is 0 Å². The Morgan fingerprint density at radius 3 is 2.54 bits per heavy atom. The smallest absolute Gasteiger partial charge is 0.325 e. The fourth-order valence-electron chi connectivity index (χ4n) is 2.82. The van der Waals surface area contributed by atoms with Crippen LogP contribution in [0.1, 0.15) is 43.0 Å². The predicted octanol–water partition coefficient (Wildman–Crippen LogP) is 1.65. The van der Waals surface area contributed by atoms with Gasteiger partial charge >= 0.3 is 5.97 Å². The fourth-order valence-corrected chi connectivity index (χ4v) is 2.82. The summed E-state index contributed by atoms with van der Waals surface area (Å²) in [6, 6.07) is 8.74. The average molecular weight is 332 g/mol. The van der Waals surface area contributed by atoms with Crippen molar-refractivity contribution in [3.8, 4) is 0 Å². The van der Waals surface area contributed by atoms with Crippen LogP contribution in [0.3, 0.4) is 0 Å². The molecule has 130 valence electrons. The van der Waals surface area contributed by atoms with Crippen molar-refractivity contribution >= 4 is 17.8 Å². The molecule has 1 fully saturated rings. The normalized spacial score (nSPS) is 20.0. The Morgan fingerprint density at radius 2 is 1.83 bits per heavy atom. The van der Waals surface area contributed by atoms with Crippen LogP contribution < -0.4 is 10.6 Å². The summed E-state index contributed by atoms with van der Waals surface area (Å²) >= 11 is 0. The van der Waals surface area contributed by atoms with Crippen LogP contribution in [0.15, 0.2) is 30.3 Å². The Labute approximate surface area is 142 Å². The number of carbonyl (C=O) groups excluding carboxylic acids is 3. The SMILES string of the molecule is C[C@H]1CCCC[C@H]1NC(=O)COC(=O)CNC(=O)c1ccccc1. The van der Waals surface area contributed by atoms with Crippen molar-refractivity contribution in [1.29, 1.82) is 0 Å². The molecule has 2 N–H and O–H groups in total. The largest absolute Gasteiger partial charge is 0.454 e. The van der Waals surface area contributed by atoms with Crippen LogP contribution in [0.4, 0.5) is 0 Å². The van der Waals surface area contributed by atoms with E-state index in [1.54, 1.807) is 30.3 Å². The molecule has 6 heteroatoms. The summed E-state index contributed by atoms with van der Waals surface area (Å²) in [6.07, 6.45) is 4.38. The summed E-state index contributed by atoms with van der Waals surface area (Å²) in [5, 5.41) is 5.38. The Morgan fingerprint density at radius 1 is 1.12 bits per heavy atom. The molecular weight excluding hydrogens is 308 g/mol. The minimum atomic E-state index is -0.633. The van der Waals surface area contributed by atoms with Gasteiger partial charge in [0.05, 0.1) is 0 Å². The molecule has 1 aliphatic rings. The highest BCUT2D eigenvalue weighted by molar-refractivity contribution is 5.96. The molecule has 2 amide bonds. The third kappa shape index (κ3) is 5.68. The predicted molar refractivity (Wildman–Crippen MR) is 89.3 cm³/mol. The van der Waals surface area contributed by atoms with Crippen molar-refractivity contribution in [1.82, 2.24) is 10.6 Å². The summed E-state index contributed by atoms with van der Waals surface area (Å²) in [4.78, 5) is 35.3. The number of amides is 2. The lowest BCUT2D eigenvalue weighted by atomic mass is 9.86. The number of ether oxygens (including phenoxy) is 1. The summed E-state index contributed by atoms with van der Waals surface area (Å²) in [7, 11) is 0. The van der Waals surface area contributed by atoms with Gasteiger partial charge in [-0.3, -0.25) is 14.4 Å². The van der Waals surface area contributed by atoms with Crippen LogP contribution in [-0.4, -0.2) is 37.0 Å². The number of carbonyl (C=O) groups is 3. The van der Waals surface area contributed by atoms with Crippen molar-refractivity contribution in [2.45, 2.75) is 38.6 Å². The number of benzene rings is 1. The molecule has 1 aliphatic carbocycles. The molecule has 24 heavy (non-hydrogen) atoms. The summed E-state index contributed by atoms with van der Waals surface area (Å²) in [5.74, 6) is -0.834. The van der Waals surface area contributed by atoms with Crippen molar-refractivity contribution in [3.05, 3.63) is 35.9 Å². The molecule has 0 bridgehead atoms. The third-order valence-corrected chi connectivity index (χ3v) is 4.25. The van der Waals surface area contributed by atoms with E-state index in [1.165, 1.54) is 6.42 Å². The first-order valence-electron chi connectivity index (χ1n) is 8.34. The molecule has 2 rings (SSSR count). The van der Waals surface area contributed by atoms with E-state index in [-0.39, 0.29) is 31.0 Å². The molecule has 0 saturated heterocycles. The Hall–Kier alpha value is -2.37. The fraction of sp³-hybridized carbons (Fsp3) is 0.500. The second-order valence-electron chi connectivity index (χ2n) is 6.15. The molecule has 0 aliphatic heterocycles. The van der Waals surface area contributed by atoms with Crippen LogP contribution >= 0.6 is 0 Å². The molecule has 0 aromatic heterocycles. The molecular formula is C18H24N2O4. The molecule has 0 radical (unpaired) electrons. The monoisotopic (exact) mass is 332 g/mol. The minimum Gasteiger partial charge on any atom is -0.454 e. The molecule has 1 aromatic carbocycles. The van der Waals surface area contributed by atoms with E-state index in [1.807, 2.05) is 0 Å². The molecule has 0 spiro atoms. The lowest BCUT2D eigenvalue weighted by Gasteiger charge is -2.29. The second-order valence-corrected chi connectivity index (χ2v) is 6.15. The van der Waals surface area contributed by atoms with Gasteiger partial charge in [0, 0.05) is 11.6 Å². The van der Waals surface area contributed by atoms with Gasteiger partial charge in [-0.05, 0) is 30.9 Å². The summed E-state index contributed by atoms with van der Waals surface area (Å²) < 4.78 is 4.90. The van der Waals surface area contributed by atoms with Gasteiger partial charge in [0.15, 0.2) is 6.61 Å². The average Bonchev–Trinajstić information content (AvgIpc) is 2.60. The zero-order valence-electron chi connectivity index (χ0n) is 13.9. The Balaban J connectivity index is 1.65. The number of hydrogen-bond donors (Lipinski definition) is 2. The van der Waals surface area contributed by atoms with E-state index < -0.39 is 5.97 Å². The zero-order valence-corrected chi connectivity index (χ0v) is 13.9. The highest BCUT2D eigenvalue weighted by Crippen LogP contribution is 2.23. The van der Waals surface area contributed by atoms with E-state index in [0.29, 0.717) is 11.5 Å². The minimum absolute atomic E-state index is 0.155. The van der Waals surface area contributed by atoms with E-state index >= 15 is 0 Å². The molecule has 1 aromatic rings. The quantitative estimate of drug-likeness (QED) is 0.776. The van der Waals surface area contributed by atoms with E-state index in [0.717, 1.165) is 19.3 Å². The first kappa shape index (κ1) is 18.0. The van der Waals surface area contributed by atoms with Crippen molar-refractivity contribution in [2.75, 3.05) is 13.2 Å². The molecule has 6 nitrogen and oxygen atoms in total. The van der Waals surface area contributed by atoms with Crippen molar-refractivity contribution in [3.63, 3.8) is 0 Å². The summed E-state index contributed by atoms with van der Waals surface area (Å²) in [5.41, 5.74) is 0.467. The lowest BCUT2D eigenvalue weighted by Crippen LogP contribution is -2.43. The number of nitrogens with one attached hydrogen (secondary N) is 2. The van der Waals surface area contributed by atoms with Gasteiger partial charge in [-0.15, -0.1) is 0 Å². The standard InChI is InChI=1S/C18H24N2O4/c1-13-7-5-6-10-15(13)20-16(21)12-24-17(22)11-19-18(23)14-8-3-2-4-9-14/h2-4,8-9,13,15H,5-7,10-12H2,1H3,(H,19,23)(H,20,21)/t13-,15+/m0/s1. The first-order valence-corrected chi connectivity index (χ1v) is 8.34. The van der Waals surface area contributed by atoms with E-state index in [9.17, 15) is 14.4 Å². The summed E-state index contributed by atoms with van der Waals surface area (Å²) in [6.45, 7) is 1.54. The highest BCUT2D eigenvalue weighted by atomic mass is 16.5. The molecule has 0 unspecified atom stereocenters. The number of rotatable bonds is 6. The lowest BCUT2D eigenvalue weighted by molar-refractivity contribution is -0.147. The Kier molecular flexibility index (Phi) is 6.78. The van der Waals surface area contributed by atoms with E-state index in [4.69, 9.17) is 4.74 Å². The first-order chi connectivity index (χ1) is 11.6. The molecule has 0 heterocycles. The van der Waals surface area contributed by atoms with Crippen molar-refractivity contribution < 1.29 is 19.1 Å². The van der Waals surface area contributed by atoms with E-state index in [2.05, 4.69) is 17.6 Å². The maximum absolute atomic E-state index is 11.8. The van der Waals surface area contributed by atoms with Crippen LogP contribution in [0.2, 0.25) is 0 Å². The van der Waals surface area contributed by atoms with Crippen LogP contribution in [0.25, 0.3) is 0 Å². The van der Waals surface area contributed by atoms with Gasteiger partial charge in [-0.25, -0.2) is 0 Å². The van der Waals surface area contributed by atoms with Gasteiger partial charge in [0.1, 0.15) is 6.54 Å². The molecule has 1 saturated carbocycles. The number of hydrogen-bond acceptors (Lipinski definition) is 4. The highest BCUT2D eigenvalue weighted by Gasteiger charge is 2.23. The maximum Gasteiger partial charge on any atom is 0.325 e. The maximum atomic E-state index is 11.8. The van der Waals surface area contributed by atoms with Gasteiger partial charge < -0.3 is 15.4 Å². The molecule has 2 atom stereocenters. The van der Waals surface area contributed by atoms with Crippen LogP contribution in [0, 0.1) is 5.92 Å². The van der Waals surface area contributed by atoms with Crippen molar-refractivity contribution in [2.24, 2.45) is 5.92 Å². The van der Waals surface area contributed by atoms with Gasteiger partial charge in [-0.1, -0.05) is 38.0 Å². The topological polar surface area (TPSA) is 84.5 Å². The van der Waals surface area contributed by atoms with Crippen LogP contribution in [-0.2, 0) is 14.3 Å².